The molecule has 0 bridgehead atoms. The van der Waals surface area contributed by atoms with Crippen LogP contribution in [0.25, 0.3) is 0 Å². The number of amides is 12. The number of H-pyrrole nitrogens is 1. The summed E-state index contributed by atoms with van der Waals surface area (Å²) in [5.41, 5.74) is 1.04. The van der Waals surface area contributed by atoms with Gasteiger partial charge in [-0.15, -0.1) is 0 Å². The van der Waals surface area contributed by atoms with Crippen LogP contribution in [-0.4, -0.2) is 328 Å². The lowest BCUT2D eigenvalue weighted by Gasteiger charge is -2.31. The molecule has 9 aliphatic carbocycles. The molecule has 1 aromatic carbocycles. The summed E-state index contributed by atoms with van der Waals surface area (Å²) >= 11 is 1.70. The minimum atomic E-state index is -0.977. The number of rotatable bonds is 36. The maximum Gasteiger partial charge on any atom is 0.287 e. The largest absolute Gasteiger partial charge is 0.497 e. The van der Waals surface area contributed by atoms with E-state index in [0.717, 1.165) is 144 Å². The highest BCUT2D eigenvalue weighted by Crippen LogP contribution is 2.45. The molecule has 0 spiro atoms. The van der Waals surface area contributed by atoms with Gasteiger partial charge in [0.2, 0.25) is 59.1 Å². The fourth-order valence-corrected chi connectivity index (χ4v) is 26.2. The number of nitrogens with one attached hydrogen (secondary N) is 13. The third-order valence-electron chi connectivity index (χ3n) is 33.5. The summed E-state index contributed by atoms with van der Waals surface area (Å²) in [5, 5.41) is 36.5. The Labute approximate surface area is 883 Å². The summed E-state index contributed by atoms with van der Waals surface area (Å²) in [7, 11) is 0.667. The summed E-state index contributed by atoms with van der Waals surface area (Å²) in [5.74, 6) is 5.67. The van der Waals surface area contributed by atoms with Crippen LogP contribution in [0.2, 0.25) is 25.7 Å². The first-order valence-electron chi connectivity index (χ1n) is 56.2. The normalized spacial score (nSPS) is 33.3. The van der Waals surface area contributed by atoms with Crippen LogP contribution in [0.3, 0.4) is 0 Å². The Balaban J connectivity index is 0.000000113. The first-order chi connectivity index (χ1) is 72.8. The van der Waals surface area contributed by atoms with Crippen molar-refractivity contribution >= 4 is 90.7 Å². The minimum absolute atomic E-state index is 0.0475. The molecular formula is C109H159N13O26SSi. The van der Waals surface area contributed by atoms with Crippen LogP contribution in [0.5, 0.6) is 5.75 Å². The molecule has 39 nitrogen and oxygen atoms in total. The molecule has 2 aromatic heterocycles. The van der Waals surface area contributed by atoms with Crippen LogP contribution < -0.4 is 68.5 Å². The lowest BCUT2D eigenvalue weighted by Crippen LogP contribution is -2.51. The average Bonchev–Trinajstić information content (AvgIpc) is 1.63. The van der Waals surface area contributed by atoms with Crippen LogP contribution in [-0.2, 0) is 110 Å². The van der Waals surface area contributed by atoms with E-state index in [-0.39, 0.29) is 258 Å². The Hall–Kier alpha value is -8.69. The number of ether oxygens (including phenoxy) is 13. The second kappa shape index (κ2) is 50.9. The molecule has 24 rings (SSSR count). The lowest BCUT2D eigenvalue weighted by molar-refractivity contribution is -0.128. The highest BCUT2D eigenvalue weighted by atomic mass is 32.2. The van der Waals surface area contributed by atoms with Crippen molar-refractivity contribution in [2.45, 2.75) is 376 Å². The third kappa shape index (κ3) is 29.0. The summed E-state index contributed by atoms with van der Waals surface area (Å²) in [4.78, 5) is 149. The predicted octanol–water partition coefficient (Wildman–Crippen LogP) is 6.23. The number of methoxy groups -OCH3 is 1. The second-order valence-corrected chi connectivity index (χ2v) is 53.3. The van der Waals surface area contributed by atoms with Crippen molar-refractivity contribution < 1.29 is 124 Å². The molecule has 826 valence electrons. The van der Waals surface area contributed by atoms with E-state index in [1.807, 2.05) is 24.3 Å². The van der Waals surface area contributed by atoms with Gasteiger partial charge in [-0.05, 0) is 175 Å². The van der Waals surface area contributed by atoms with Crippen molar-refractivity contribution in [3.05, 3.63) is 78.0 Å². The number of thioether (sulfide) groups is 1. The van der Waals surface area contributed by atoms with Crippen molar-refractivity contribution in [3.8, 4) is 5.75 Å². The van der Waals surface area contributed by atoms with Gasteiger partial charge in [-0.3, -0.25) is 57.5 Å². The number of aromatic amines is 1. The maximum atomic E-state index is 13.5. The van der Waals surface area contributed by atoms with Gasteiger partial charge >= 0.3 is 0 Å². The zero-order valence-electron chi connectivity index (χ0n) is 87.3. The predicted molar refractivity (Wildman–Crippen MR) is 549 cm³/mol. The maximum absolute atomic E-state index is 13.5. The van der Waals surface area contributed by atoms with E-state index in [1.54, 1.807) is 49.3 Å². The number of fused-ring (bicyclic) bond motifs is 6. The zero-order valence-corrected chi connectivity index (χ0v) is 89.1. The van der Waals surface area contributed by atoms with Crippen LogP contribution >= 0.6 is 11.8 Å². The Kier molecular flexibility index (Phi) is 37.2. The van der Waals surface area contributed by atoms with Gasteiger partial charge in [0.25, 0.3) is 11.8 Å². The summed E-state index contributed by atoms with van der Waals surface area (Å²) in [6, 6.07) is 14.4. The number of carbonyl (C=O) groups is 12. The number of benzene rings is 1. The second-order valence-electron chi connectivity index (χ2n) is 46.6. The number of hydrogen-bond acceptors (Lipinski definition) is 27. The number of hydrogen-bond donors (Lipinski definition) is 13. The SMILES string of the molecule is COc1ccc(C2(C(=O)NC3COC4C(NC(=O)C5CC5)COC34)CCCC2)cc1.C[Si](C)(C)CCCSCC(=O)NC1COC2C(NC(=O)C3CC3)COC12.O=C(CCC1CCCC1)NC1COC2C(NC(=O)C3CC3)COC12.O=C(CCCC1CCCCC1)NC1COC2C(NC(=O)C3CC3)COC12.O=C(NC1COC2C(NC(=O)C3CC3)COC12)c1ccc[nH]1.O=C(NC1COC2C(NC(=O)C3CC3)COC12)c1ccco1. The van der Waals surface area contributed by atoms with Crippen LogP contribution in [0.4, 0.5) is 0 Å². The van der Waals surface area contributed by atoms with Gasteiger partial charge in [-0.1, -0.05) is 108 Å². The molecule has 24 atom stereocenters. The van der Waals surface area contributed by atoms with Gasteiger partial charge in [0.1, 0.15) is 84.7 Å². The zero-order chi connectivity index (χ0) is 104. The van der Waals surface area contributed by atoms with E-state index in [1.165, 1.54) is 82.9 Å². The molecule has 150 heavy (non-hydrogen) atoms. The molecule has 0 radical (unpaired) electrons. The summed E-state index contributed by atoms with van der Waals surface area (Å²) < 4.78 is 80.3. The molecule has 13 N–H and O–H groups in total. The lowest BCUT2D eigenvalue weighted by atomic mass is 9.77. The molecule has 12 aliphatic heterocycles. The fraction of sp³-hybridized carbons (Fsp3) is 0.761. The first-order valence-corrected chi connectivity index (χ1v) is 61.1. The molecule has 21 aliphatic rings. The van der Waals surface area contributed by atoms with Crippen LogP contribution in [0, 0.1) is 47.3 Å². The Bertz CT molecular complexity index is 4940. The Morgan fingerprint density at radius 2 is 0.673 bits per heavy atom. The van der Waals surface area contributed by atoms with Crippen molar-refractivity contribution in [2.75, 3.05) is 97.9 Å². The van der Waals surface area contributed by atoms with Gasteiger partial charge in [0.05, 0.1) is 176 Å². The molecule has 24 unspecified atom stereocenters. The molecule has 3 aromatic rings. The molecule has 12 saturated heterocycles. The van der Waals surface area contributed by atoms with Gasteiger partial charge in [-0.2, -0.15) is 11.8 Å². The van der Waals surface area contributed by atoms with Gasteiger partial charge in [0.15, 0.2) is 5.76 Å². The van der Waals surface area contributed by atoms with Gasteiger partial charge in [0, 0.05) is 62.6 Å². The van der Waals surface area contributed by atoms with Crippen molar-refractivity contribution in [1.29, 1.82) is 0 Å². The van der Waals surface area contributed by atoms with Crippen molar-refractivity contribution in [1.82, 2.24) is 68.8 Å². The molecule has 14 heterocycles. The topological polar surface area (TPSA) is 498 Å². The van der Waals surface area contributed by atoms with E-state index in [4.69, 9.17) is 66.0 Å². The Morgan fingerprint density at radius 3 is 1.01 bits per heavy atom. The van der Waals surface area contributed by atoms with E-state index in [2.05, 4.69) is 88.4 Å². The average molecular weight is 2130 g/mol. The van der Waals surface area contributed by atoms with Crippen LogP contribution in [0.1, 0.15) is 226 Å². The van der Waals surface area contributed by atoms with E-state index in [0.29, 0.717) is 104 Å². The molecule has 21 fully saturated rings. The first kappa shape index (κ1) is 110. The quantitative estimate of drug-likeness (QED) is 0.0226. The monoisotopic (exact) mass is 2130 g/mol. The highest BCUT2D eigenvalue weighted by molar-refractivity contribution is 7.99. The third-order valence-corrected chi connectivity index (χ3v) is 36.4. The number of carbonyl (C=O) groups excluding carboxylic acids is 12. The molecule has 9 saturated carbocycles. The minimum Gasteiger partial charge on any atom is -0.497 e. The van der Waals surface area contributed by atoms with Gasteiger partial charge < -0.3 is 135 Å². The van der Waals surface area contributed by atoms with Crippen LogP contribution in [0.15, 0.2) is 65.4 Å². The molecule has 41 heteroatoms. The summed E-state index contributed by atoms with van der Waals surface area (Å²) in [6.07, 6.45) is 34.1. The molecular weight excluding hydrogens is 1970 g/mol. The van der Waals surface area contributed by atoms with Gasteiger partial charge in [-0.25, -0.2) is 0 Å². The van der Waals surface area contributed by atoms with E-state index in [9.17, 15) is 57.5 Å². The molecule has 12 amide bonds. The highest BCUT2D eigenvalue weighted by Gasteiger charge is 2.58. The fourth-order valence-electron chi connectivity index (χ4n) is 23.9. The number of furan rings is 1. The smallest absolute Gasteiger partial charge is 0.287 e. The van der Waals surface area contributed by atoms with E-state index >= 15 is 0 Å². The number of aromatic nitrogens is 1. The van der Waals surface area contributed by atoms with Crippen molar-refractivity contribution in [2.24, 2.45) is 47.3 Å². The summed E-state index contributed by atoms with van der Waals surface area (Å²) in [6.45, 7) is 12.4. The van der Waals surface area contributed by atoms with Crippen molar-refractivity contribution in [3.63, 3.8) is 0 Å². The van der Waals surface area contributed by atoms with E-state index < -0.39 is 13.5 Å². The standard InChI is InChI=1S/C23H30N2O5.C20H32N2O4.C18H32N2O4SSi.C18H28N2O4.C15H19N3O4.C15H18N2O5/c1-28-16-8-6-15(7-9-16)23(10-2-3-11-23)22(27)25-18-13-30-19-17(12-29-20(18)19)24-21(26)14-4-5-14;23-17(8-4-7-13-5-2-1-3-6-13)21-15-11-25-19-16(12-26-18(15)19)22-20(24)14-9-10-14;1-26(2,3)8-4-7-25-11-15(21)19-13-9-23-17-14(10-24-16(13)17)20-18(22)12-5-6-12;21-15(8-5-11-3-1-2-4-11)19-13-9-23-17-14(10-24-16(13)17)20-18(22)12-6-7-12;19-14(8-3-4-8)17-10-6-21-13-11(7-22-12(10)13)18-15(20)9-2-1-5-16-9;18-14(8-3-4-8)16-9-6-21-13-10(7-22-12(9)13)17-15(19)11-2-1-5-20-11/h6-9,14,17-20H,2-5,10-13H2,1H3,(H,24,26)(H,25,27);13-16,18-19H,1-12H2,(H,21,23)(H,22,24);12-14,16-17H,4-11H2,1-3H3,(H,19,21)(H,20,22);11-14,16-17H,1-10H2,(H,19,21)(H,20,22);1-2,5,8,10-13,16H,3-4,6-7H2,(H,17,19)(H,18,20);1-2,5,8-10,12-13H,3-4,6-7H2,(H,16,18)(H,17,19). The Morgan fingerprint density at radius 1 is 0.347 bits per heavy atom.